The summed E-state index contributed by atoms with van der Waals surface area (Å²) in [5.41, 5.74) is -0.205. The molecule has 1 fully saturated rings. The second-order valence-electron chi connectivity index (χ2n) is 5.13. The molecule has 2 atom stereocenters. The van der Waals surface area contributed by atoms with Gasteiger partial charge in [0.15, 0.2) is 0 Å². The van der Waals surface area contributed by atoms with Crippen molar-refractivity contribution in [2.75, 3.05) is 13.2 Å². The van der Waals surface area contributed by atoms with Crippen LogP contribution < -0.4 is 5.32 Å². The van der Waals surface area contributed by atoms with Crippen LogP contribution in [0.25, 0.3) is 0 Å². The molecule has 0 aromatic heterocycles. The lowest BCUT2D eigenvalue weighted by molar-refractivity contribution is -0.130. The summed E-state index contributed by atoms with van der Waals surface area (Å²) in [5, 5.41) is 12.4. The van der Waals surface area contributed by atoms with Gasteiger partial charge in [-0.25, -0.2) is 0 Å². The first kappa shape index (κ1) is 12.5. The Kier molecular flexibility index (Phi) is 4.11. The third kappa shape index (κ3) is 3.80. The van der Waals surface area contributed by atoms with Gasteiger partial charge in [-0.3, -0.25) is 4.79 Å². The van der Waals surface area contributed by atoms with Crippen LogP contribution >= 0.6 is 0 Å². The first-order chi connectivity index (χ1) is 6.91. The summed E-state index contributed by atoms with van der Waals surface area (Å²) in [4.78, 5) is 11.5. The molecule has 0 bridgehead atoms. The molecule has 0 saturated carbocycles. The van der Waals surface area contributed by atoms with E-state index in [2.05, 4.69) is 5.32 Å². The third-order valence-corrected chi connectivity index (χ3v) is 2.69. The molecule has 1 rings (SSSR count). The Bertz CT molecular complexity index is 216. The number of aliphatic hydroxyl groups excluding tert-OH is 1. The highest BCUT2D eigenvalue weighted by Crippen LogP contribution is 2.18. The van der Waals surface area contributed by atoms with Crippen molar-refractivity contribution in [2.45, 2.75) is 45.8 Å². The lowest BCUT2D eigenvalue weighted by atomic mass is 9.89. The van der Waals surface area contributed by atoms with Gasteiger partial charge in [-0.1, -0.05) is 20.8 Å². The number of carbonyl (C=O) groups is 1. The fourth-order valence-corrected chi connectivity index (χ4v) is 1.40. The molecule has 0 radical (unpaired) electrons. The number of hydrogen-bond acceptors (Lipinski definition) is 3. The average molecular weight is 215 g/mol. The highest BCUT2D eigenvalue weighted by Gasteiger charge is 2.26. The van der Waals surface area contributed by atoms with Crippen molar-refractivity contribution in [1.29, 1.82) is 0 Å². The minimum Gasteiger partial charge on any atom is -0.391 e. The Labute approximate surface area is 91.0 Å². The van der Waals surface area contributed by atoms with Gasteiger partial charge >= 0.3 is 0 Å². The van der Waals surface area contributed by atoms with Gasteiger partial charge in [-0.2, -0.15) is 0 Å². The van der Waals surface area contributed by atoms with Crippen LogP contribution in [0.5, 0.6) is 0 Å². The summed E-state index contributed by atoms with van der Waals surface area (Å²) < 4.78 is 5.24. The molecule has 1 aliphatic rings. The van der Waals surface area contributed by atoms with Gasteiger partial charge in [0.05, 0.1) is 6.10 Å². The van der Waals surface area contributed by atoms with Crippen LogP contribution in [0.2, 0.25) is 0 Å². The number of carbonyl (C=O) groups excluding carboxylic acids is 1. The predicted octanol–water partition coefficient (Wildman–Crippen LogP) is 0.689. The second kappa shape index (κ2) is 4.94. The van der Waals surface area contributed by atoms with Crippen molar-refractivity contribution in [3.05, 3.63) is 0 Å². The Morgan fingerprint density at radius 2 is 2.27 bits per heavy atom. The minimum atomic E-state index is -0.525. The number of nitrogens with one attached hydrogen (secondary N) is 1. The number of hydrogen-bond donors (Lipinski definition) is 2. The van der Waals surface area contributed by atoms with E-state index in [-0.39, 0.29) is 17.4 Å². The van der Waals surface area contributed by atoms with E-state index in [0.29, 0.717) is 13.2 Å². The van der Waals surface area contributed by atoms with Crippen molar-refractivity contribution < 1.29 is 14.6 Å². The van der Waals surface area contributed by atoms with Crippen molar-refractivity contribution in [3.8, 4) is 0 Å². The van der Waals surface area contributed by atoms with E-state index in [0.717, 1.165) is 12.8 Å². The van der Waals surface area contributed by atoms with Crippen LogP contribution in [-0.2, 0) is 9.53 Å². The molecule has 4 heteroatoms. The zero-order chi connectivity index (χ0) is 11.5. The molecule has 2 N–H and O–H groups in total. The SMILES string of the molecule is CC(C)(C)C(O)CNC(=O)C1CCCO1. The van der Waals surface area contributed by atoms with Crippen molar-refractivity contribution in [2.24, 2.45) is 5.41 Å². The fraction of sp³-hybridized carbons (Fsp3) is 0.909. The van der Waals surface area contributed by atoms with Crippen molar-refractivity contribution in [1.82, 2.24) is 5.32 Å². The summed E-state index contributed by atoms with van der Waals surface area (Å²) in [5.74, 6) is -0.101. The quantitative estimate of drug-likeness (QED) is 0.728. The fourth-order valence-electron chi connectivity index (χ4n) is 1.40. The van der Waals surface area contributed by atoms with Gasteiger partial charge in [0, 0.05) is 13.2 Å². The largest absolute Gasteiger partial charge is 0.391 e. The molecule has 1 heterocycles. The minimum absolute atomic E-state index is 0.101. The summed E-state index contributed by atoms with van der Waals surface area (Å²) in [6.07, 6.45) is 0.900. The monoisotopic (exact) mass is 215 g/mol. The third-order valence-electron chi connectivity index (χ3n) is 2.69. The second-order valence-corrected chi connectivity index (χ2v) is 5.13. The van der Waals surface area contributed by atoms with Gasteiger partial charge in [0.1, 0.15) is 6.10 Å². The van der Waals surface area contributed by atoms with E-state index < -0.39 is 6.10 Å². The number of aliphatic hydroxyl groups is 1. The molecule has 1 aliphatic heterocycles. The number of ether oxygens (including phenoxy) is 1. The molecule has 1 saturated heterocycles. The summed E-state index contributed by atoms with van der Waals surface area (Å²) in [6, 6.07) is 0. The predicted molar refractivity (Wildman–Crippen MR) is 57.4 cm³/mol. The molecule has 15 heavy (non-hydrogen) atoms. The first-order valence-corrected chi connectivity index (χ1v) is 5.48. The lowest BCUT2D eigenvalue weighted by Crippen LogP contribution is -2.42. The Morgan fingerprint density at radius 3 is 2.73 bits per heavy atom. The smallest absolute Gasteiger partial charge is 0.249 e. The number of rotatable bonds is 3. The van der Waals surface area contributed by atoms with Gasteiger partial charge < -0.3 is 15.2 Å². The van der Waals surface area contributed by atoms with E-state index >= 15 is 0 Å². The van der Waals surface area contributed by atoms with Crippen molar-refractivity contribution in [3.63, 3.8) is 0 Å². The molecular weight excluding hydrogens is 194 g/mol. The number of amides is 1. The molecule has 0 aliphatic carbocycles. The molecule has 0 aromatic carbocycles. The Morgan fingerprint density at radius 1 is 1.60 bits per heavy atom. The van der Waals surface area contributed by atoms with Gasteiger partial charge in [-0.15, -0.1) is 0 Å². The van der Waals surface area contributed by atoms with Crippen LogP contribution in [0.3, 0.4) is 0 Å². The maximum absolute atomic E-state index is 11.5. The lowest BCUT2D eigenvalue weighted by Gasteiger charge is -2.26. The maximum Gasteiger partial charge on any atom is 0.249 e. The summed E-state index contributed by atoms with van der Waals surface area (Å²) in [7, 11) is 0. The van der Waals surface area contributed by atoms with Crippen LogP contribution in [0.15, 0.2) is 0 Å². The molecule has 1 amide bonds. The highest BCUT2D eigenvalue weighted by atomic mass is 16.5. The van der Waals surface area contributed by atoms with Crippen LogP contribution in [-0.4, -0.2) is 36.4 Å². The van der Waals surface area contributed by atoms with E-state index in [1.165, 1.54) is 0 Å². The molecule has 4 nitrogen and oxygen atoms in total. The van der Waals surface area contributed by atoms with E-state index in [1.54, 1.807) is 0 Å². The summed E-state index contributed by atoms with van der Waals surface area (Å²) in [6.45, 7) is 6.78. The molecule has 0 aromatic rings. The summed E-state index contributed by atoms with van der Waals surface area (Å²) >= 11 is 0. The van der Waals surface area contributed by atoms with Crippen LogP contribution in [0, 0.1) is 5.41 Å². The Balaban J connectivity index is 2.27. The van der Waals surface area contributed by atoms with E-state index in [4.69, 9.17) is 4.74 Å². The standard InChI is InChI=1S/C11H21NO3/c1-11(2,3)9(13)7-12-10(14)8-5-4-6-15-8/h8-9,13H,4-7H2,1-3H3,(H,12,14). The zero-order valence-electron chi connectivity index (χ0n) is 9.75. The zero-order valence-corrected chi connectivity index (χ0v) is 9.75. The van der Waals surface area contributed by atoms with E-state index in [1.807, 2.05) is 20.8 Å². The van der Waals surface area contributed by atoms with Crippen molar-refractivity contribution >= 4 is 5.91 Å². The Hall–Kier alpha value is -0.610. The molecule has 2 unspecified atom stereocenters. The topological polar surface area (TPSA) is 58.6 Å². The van der Waals surface area contributed by atoms with Gasteiger partial charge in [0.25, 0.3) is 0 Å². The van der Waals surface area contributed by atoms with Crippen LogP contribution in [0.1, 0.15) is 33.6 Å². The average Bonchev–Trinajstić information content (AvgIpc) is 2.64. The molecular formula is C11H21NO3. The first-order valence-electron chi connectivity index (χ1n) is 5.48. The van der Waals surface area contributed by atoms with Gasteiger partial charge in [0.2, 0.25) is 5.91 Å². The molecule has 88 valence electrons. The van der Waals surface area contributed by atoms with Crippen LogP contribution in [0.4, 0.5) is 0 Å². The molecule has 0 spiro atoms. The van der Waals surface area contributed by atoms with E-state index in [9.17, 15) is 9.90 Å². The maximum atomic E-state index is 11.5. The highest BCUT2D eigenvalue weighted by molar-refractivity contribution is 5.80. The van der Waals surface area contributed by atoms with Gasteiger partial charge in [-0.05, 0) is 18.3 Å². The normalized spacial score (nSPS) is 23.9.